The monoisotopic (exact) mass is 702 g/mol. The van der Waals surface area contributed by atoms with Crippen LogP contribution in [0, 0.1) is 0 Å². The number of hydrogen-bond acceptors (Lipinski definition) is 12. The van der Waals surface area contributed by atoms with Crippen LogP contribution in [0.2, 0.25) is 0 Å². The molecule has 0 saturated carbocycles. The lowest BCUT2D eigenvalue weighted by atomic mass is 9.96. The first-order chi connectivity index (χ1) is 23.4. The Morgan fingerprint density at radius 3 is 1.92 bits per heavy atom. The van der Waals surface area contributed by atoms with Gasteiger partial charge in [-0.3, -0.25) is 18.7 Å². The van der Waals surface area contributed by atoms with Crippen molar-refractivity contribution >= 4 is 19.6 Å². The summed E-state index contributed by atoms with van der Waals surface area (Å²) in [4.78, 5) is 42.8. The van der Waals surface area contributed by atoms with Gasteiger partial charge in [0.25, 0.3) is 0 Å². The van der Waals surface area contributed by atoms with E-state index in [1.807, 2.05) is 12.1 Å². The van der Waals surface area contributed by atoms with Crippen LogP contribution in [-0.4, -0.2) is 88.5 Å². The fourth-order valence-corrected chi connectivity index (χ4v) is 7.11. The summed E-state index contributed by atoms with van der Waals surface area (Å²) in [5, 5.41) is 27.9. The predicted molar refractivity (Wildman–Crippen MR) is 177 cm³/mol. The minimum Gasteiger partial charge on any atom is -0.481 e. The molecule has 0 amide bonds. The molecule has 2 unspecified atom stereocenters. The maximum atomic E-state index is 14.8. The smallest absolute Gasteiger partial charge is 0.353 e. The lowest BCUT2D eigenvalue weighted by molar-refractivity contribution is -0.145. The van der Waals surface area contributed by atoms with E-state index in [1.54, 1.807) is 62.4 Å². The van der Waals surface area contributed by atoms with E-state index < -0.39 is 68.0 Å². The van der Waals surface area contributed by atoms with E-state index in [4.69, 9.17) is 23.5 Å². The molecule has 4 rings (SSSR count). The molecule has 1 aliphatic heterocycles. The van der Waals surface area contributed by atoms with Crippen LogP contribution in [0.4, 0.5) is 0 Å². The number of hydrogen-bond donors (Lipinski definition) is 4. The number of nitrogens with one attached hydrogen (secondary N) is 2. The number of aliphatic hydroxyl groups is 2. The number of benzene rings is 2. The van der Waals surface area contributed by atoms with Crippen LogP contribution in [0.1, 0.15) is 38.1 Å². The van der Waals surface area contributed by atoms with Gasteiger partial charge in [0, 0.05) is 12.3 Å². The average molecular weight is 703 g/mol. The molecule has 3 aromatic rings. The van der Waals surface area contributed by atoms with Crippen molar-refractivity contribution < 1.29 is 47.8 Å². The summed E-state index contributed by atoms with van der Waals surface area (Å²) in [5.74, 6) is -1.41. The second kappa shape index (κ2) is 17.1. The molecule has 1 aliphatic rings. The largest absolute Gasteiger partial charge is 0.481 e. The van der Waals surface area contributed by atoms with Crippen LogP contribution >= 0.6 is 7.67 Å². The molecule has 0 spiro atoms. The zero-order chi connectivity index (χ0) is 35.6. The fourth-order valence-electron chi connectivity index (χ4n) is 5.32. The highest BCUT2D eigenvalue weighted by Gasteiger charge is 2.54. The number of methoxy groups -OCH3 is 1. The van der Waals surface area contributed by atoms with Crippen molar-refractivity contribution in [3.8, 4) is 5.88 Å². The molecule has 4 N–H and O–H groups in total. The van der Waals surface area contributed by atoms with E-state index in [0.29, 0.717) is 0 Å². The highest BCUT2D eigenvalue weighted by atomic mass is 31.2. The lowest BCUT2D eigenvalue weighted by Gasteiger charge is -2.30. The van der Waals surface area contributed by atoms with Gasteiger partial charge in [-0.05, 0) is 44.7 Å². The third kappa shape index (κ3) is 9.82. The second-order valence-electron chi connectivity index (χ2n) is 11.5. The van der Waals surface area contributed by atoms with Gasteiger partial charge in [0.2, 0.25) is 5.88 Å². The maximum Gasteiger partial charge on any atom is 0.353 e. The fraction of sp³-hybridized carbons (Fsp3) is 0.455. The zero-order valence-electron chi connectivity index (χ0n) is 27.8. The first-order valence-corrected chi connectivity index (χ1v) is 17.4. The summed E-state index contributed by atoms with van der Waals surface area (Å²) in [5.41, 5.74) is -1.40. The Balaban J connectivity index is 1.66. The molecule has 266 valence electrons. The van der Waals surface area contributed by atoms with E-state index in [0.717, 1.165) is 15.7 Å². The molecular formula is C33H43N4O11P. The van der Waals surface area contributed by atoms with E-state index >= 15 is 0 Å². The van der Waals surface area contributed by atoms with Crippen LogP contribution < -0.4 is 20.6 Å². The summed E-state index contributed by atoms with van der Waals surface area (Å²) >= 11 is 0. The quantitative estimate of drug-likeness (QED) is 0.118. The maximum absolute atomic E-state index is 14.8. The van der Waals surface area contributed by atoms with Crippen molar-refractivity contribution in [1.82, 2.24) is 19.7 Å². The first-order valence-electron chi connectivity index (χ1n) is 15.8. The molecule has 0 radical (unpaired) electrons. The Bertz CT molecular complexity index is 1570. The zero-order valence-corrected chi connectivity index (χ0v) is 28.7. The highest BCUT2D eigenvalue weighted by Crippen LogP contribution is 2.43. The molecule has 15 nitrogen and oxygen atoms in total. The minimum atomic E-state index is -4.47. The molecule has 1 fully saturated rings. The number of carbonyl (C=O) groups is 2. The predicted octanol–water partition coefficient (Wildman–Crippen LogP) is 1.91. The van der Waals surface area contributed by atoms with Crippen LogP contribution in [0.25, 0.3) is 0 Å². The summed E-state index contributed by atoms with van der Waals surface area (Å²) < 4.78 is 43.1. The number of ether oxygens (including phenoxy) is 4. The summed E-state index contributed by atoms with van der Waals surface area (Å²) in [6, 6.07) is 16.8. The highest BCUT2D eigenvalue weighted by molar-refractivity contribution is 7.54. The van der Waals surface area contributed by atoms with Crippen molar-refractivity contribution in [2.45, 2.75) is 69.7 Å². The van der Waals surface area contributed by atoms with Gasteiger partial charge in [-0.2, -0.15) is 4.98 Å². The second-order valence-corrected chi connectivity index (χ2v) is 13.3. The SMILES string of the molecule is CCOC(=O)[C@H](Cc1ccccc1)NP(=O)(N[C@@H](Cc1ccccc1)C(=O)OCC)OC[C@H]1O[C@H](n2ccc(OC)nc2=O)C(C)(O)C1O. The molecule has 0 aliphatic carbocycles. The normalized spacial score (nSPS) is 21.9. The summed E-state index contributed by atoms with van der Waals surface area (Å²) in [6.07, 6.45) is -3.02. The minimum absolute atomic E-state index is 0.0377. The van der Waals surface area contributed by atoms with Crippen molar-refractivity contribution in [2.75, 3.05) is 26.9 Å². The Labute approximate surface area is 284 Å². The van der Waals surface area contributed by atoms with Crippen molar-refractivity contribution in [3.63, 3.8) is 0 Å². The van der Waals surface area contributed by atoms with Gasteiger partial charge in [0.05, 0.1) is 26.9 Å². The standard InChI is InChI=1S/C33H43N4O11P/c1-5-45-29(39)24(19-22-13-9-7-10-14-22)35-49(43,36-25(30(40)46-6-2)20-23-15-11-8-12-16-23)47-21-26-28(38)33(3,42)31(48-26)37-18-17-27(44-4)34-32(37)41/h7-18,24-26,28,31,38,42H,5-6,19-21H2,1-4H3,(H2,35,36,43)/t24-,25-,26+,28?,31-,33?/m0/s1. The summed E-state index contributed by atoms with van der Waals surface area (Å²) in [7, 11) is -3.13. The number of esters is 2. The van der Waals surface area contributed by atoms with E-state index in [1.165, 1.54) is 26.3 Å². The molecule has 2 aromatic carbocycles. The lowest BCUT2D eigenvalue weighted by Crippen LogP contribution is -2.48. The average Bonchev–Trinajstić information content (AvgIpc) is 3.31. The van der Waals surface area contributed by atoms with Gasteiger partial charge in [0.15, 0.2) is 6.23 Å². The van der Waals surface area contributed by atoms with Gasteiger partial charge < -0.3 is 33.7 Å². The number of carbonyl (C=O) groups excluding carboxylic acids is 2. The molecule has 1 aromatic heterocycles. The number of nitrogens with zero attached hydrogens (tertiary/aromatic N) is 2. The van der Waals surface area contributed by atoms with E-state index in [9.17, 15) is 29.2 Å². The third-order valence-corrected chi connectivity index (χ3v) is 9.62. The number of rotatable bonds is 17. The number of aromatic nitrogens is 2. The molecule has 16 heteroatoms. The molecule has 0 bridgehead atoms. The topological polar surface area (TPSA) is 197 Å². The molecule has 49 heavy (non-hydrogen) atoms. The third-order valence-electron chi connectivity index (χ3n) is 7.80. The van der Waals surface area contributed by atoms with Gasteiger partial charge in [-0.15, -0.1) is 0 Å². The van der Waals surface area contributed by atoms with Crippen molar-refractivity contribution in [1.29, 1.82) is 0 Å². The van der Waals surface area contributed by atoms with E-state index in [-0.39, 0.29) is 31.9 Å². The molecular weight excluding hydrogens is 659 g/mol. The van der Waals surface area contributed by atoms with Gasteiger partial charge in [-0.1, -0.05) is 60.7 Å². The van der Waals surface area contributed by atoms with Crippen molar-refractivity contribution in [3.05, 3.63) is 94.5 Å². The molecule has 2 heterocycles. The van der Waals surface area contributed by atoms with Crippen LogP contribution in [0.5, 0.6) is 5.88 Å². The Kier molecular flexibility index (Phi) is 13.2. The number of aliphatic hydroxyl groups excluding tert-OH is 1. The Morgan fingerprint density at radius 1 is 0.959 bits per heavy atom. The van der Waals surface area contributed by atoms with Crippen LogP contribution in [0.15, 0.2) is 77.7 Å². The van der Waals surface area contributed by atoms with E-state index in [2.05, 4.69) is 15.2 Å². The molecule has 1 saturated heterocycles. The Morgan fingerprint density at radius 2 is 1.47 bits per heavy atom. The van der Waals surface area contributed by atoms with Gasteiger partial charge in [-0.25, -0.2) is 15.0 Å². The molecule has 6 atom stereocenters. The summed E-state index contributed by atoms with van der Waals surface area (Å²) in [6.45, 7) is 4.00. The van der Waals surface area contributed by atoms with Crippen LogP contribution in [-0.2, 0) is 45.7 Å². The Hall–Kier alpha value is -3.95. The van der Waals surface area contributed by atoms with Gasteiger partial charge >= 0.3 is 25.3 Å². The van der Waals surface area contributed by atoms with Gasteiger partial charge in [0.1, 0.15) is 29.9 Å². The van der Waals surface area contributed by atoms with Crippen LogP contribution in [0.3, 0.4) is 0 Å². The first kappa shape index (κ1) is 37.9. The van der Waals surface area contributed by atoms with Crippen molar-refractivity contribution in [2.24, 2.45) is 0 Å².